The molecule has 1 aromatic heterocycles. The summed E-state index contributed by atoms with van der Waals surface area (Å²) in [4.78, 5) is 15.0. The van der Waals surface area contributed by atoms with Crippen molar-refractivity contribution in [3.8, 4) is 0 Å². The summed E-state index contributed by atoms with van der Waals surface area (Å²) in [6.45, 7) is 6.90. The molecule has 8 heteroatoms. The summed E-state index contributed by atoms with van der Waals surface area (Å²) in [7, 11) is 1.84. The van der Waals surface area contributed by atoms with Crippen LogP contribution in [0.4, 0.5) is 10.2 Å². The standard InChI is InChI=1S/C29H38FN5O2/c1-19-5-7-20(8-6-19)29(37)13-11-23(12-14-29)35-17-22(18-35)32-26(36)16-31-27-24-15-21(28(2,3)30)9-10-25(24)34(4)33-27/h5-10,15,22-23,37H,11-14,16-18H2,1-4H3,(H,31,33)(H,32,36). The van der Waals surface area contributed by atoms with Gasteiger partial charge in [0, 0.05) is 31.6 Å². The normalized spacial score (nSPS) is 23.1. The van der Waals surface area contributed by atoms with Crippen LogP contribution >= 0.6 is 0 Å². The molecule has 2 fully saturated rings. The van der Waals surface area contributed by atoms with Gasteiger partial charge in [-0.25, -0.2) is 4.39 Å². The second kappa shape index (κ2) is 9.72. The molecule has 3 N–H and O–H groups in total. The van der Waals surface area contributed by atoms with Crippen molar-refractivity contribution in [3.05, 3.63) is 59.2 Å². The number of hydrogen-bond acceptors (Lipinski definition) is 5. The summed E-state index contributed by atoms with van der Waals surface area (Å²) >= 11 is 0. The lowest BCUT2D eigenvalue weighted by atomic mass is 9.76. The van der Waals surface area contributed by atoms with Crippen LogP contribution in [0.5, 0.6) is 0 Å². The quantitative estimate of drug-likeness (QED) is 0.448. The molecule has 3 aromatic rings. The summed E-state index contributed by atoms with van der Waals surface area (Å²) in [6.07, 6.45) is 3.43. The lowest BCUT2D eigenvalue weighted by Crippen LogP contribution is -2.63. The number of aryl methyl sites for hydroxylation is 2. The van der Waals surface area contributed by atoms with Crippen LogP contribution in [0.1, 0.15) is 56.2 Å². The summed E-state index contributed by atoms with van der Waals surface area (Å²) < 4.78 is 16.2. The second-order valence-corrected chi connectivity index (χ2v) is 11.4. The number of nitrogens with one attached hydrogen (secondary N) is 2. The number of carbonyl (C=O) groups excluding carboxylic acids is 1. The molecule has 0 bridgehead atoms. The average molecular weight is 508 g/mol. The number of rotatable bonds is 7. The third-order valence-electron chi connectivity index (χ3n) is 8.12. The van der Waals surface area contributed by atoms with E-state index in [1.54, 1.807) is 16.8 Å². The van der Waals surface area contributed by atoms with E-state index in [2.05, 4.69) is 39.7 Å². The fraction of sp³-hybridized carbons (Fsp3) is 0.517. The highest BCUT2D eigenvalue weighted by Gasteiger charge is 2.40. The van der Waals surface area contributed by atoms with Crippen molar-refractivity contribution in [2.75, 3.05) is 25.0 Å². The molecule has 1 saturated carbocycles. The first-order chi connectivity index (χ1) is 17.5. The maximum Gasteiger partial charge on any atom is 0.239 e. The van der Waals surface area contributed by atoms with E-state index in [9.17, 15) is 14.3 Å². The number of alkyl halides is 1. The smallest absolute Gasteiger partial charge is 0.239 e. The molecule has 0 spiro atoms. The largest absolute Gasteiger partial charge is 0.385 e. The van der Waals surface area contributed by atoms with Crippen molar-refractivity contribution >= 4 is 22.6 Å². The Morgan fingerprint density at radius 3 is 2.49 bits per heavy atom. The number of amides is 1. The van der Waals surface area contributed by atoms with Gasteiger partial charge in [0.05, 0.1) is 23.7 Å². The molecule has 0 radical (unpaired) electrons. The number of anilines is 1. The second-order valence-electron chi connectivity index (χ2n) is 11.4. The number of halogens is 1. The molecule has 2 heterocycles. The van der Waals surface area contributed by atoms with Crippen molar-refractivity contribution in [1.82, 2.24) is 20.0 Å². The van der Waals surface area contributed by atoms with Crippen LogP contribution < -0.4 is 10.6 Å². The monoisotopic (exact) mass is 507 g/mol. The Morgan fingerprint density at radius 1 is 1.16 bits per heavy atom. The van der Waals surface area contributed by atoms with Crippen LogP contribution in [0.3, 0.4) is 0 Å². The van der Waals surface area contributed by atoms with Crippen molar-refractivity contribution in [3.63, 3.8) is 0 Å². The topological polar surface area (TPSA) is 82.4 Å². The molecule has 0 unspecified atom stereocenters. The molecular weight excluding hydrogens is 469 g/mol. The van der Waals surface area contributed by atoms with Crippen molar-refractivity contribution in [1.29, 1.82) is 0 Å². The maximum absolute atomic E-state index is 14.5. The fourth-order valence-corrected chi connectivity index (χ4v) is 5.71. The van der Waals surface area contributed by atoms with Gasteiger partial charge in [0.1, 0.15) is 5.67 Å². The molecular formula is C29H38FN5O2. The van der Waals surface area contributed by atoms with Crippen LogP contribution in [0, 0.1) is 6.92 Å². The highest BCUT2D eigenvalue weighted by atomic mass is 19.1. The Kier molecular flexibility index (Phi) is 6.75. The van der Waals surface area contributed by atoms with Crippen LogP contribution in [0.25, 0.3) is 10.9 Å². The van der Waals surface area contributed by atoms with E-state index in [0.717, 1.165) is 55.2 Å². The SMILES string of the molecule is Cc1ccc(C2(O)CCC(N3CC(NC(=O)CNc4nn(C)c5ccc(C(C)(C)F)cc45)C3)CC2)cc1. The van der Waals surface area contributed by atoms with E-state index in [1.807, 2.05) is 25.2 Å². The van der Waals surface area contributed by atoms with E-state index in [1.165, 1.54) is 19.4 Å². The lowest BCUT2D eigenvalue weighted by Gasteiger charge is -2.48. The van der Waals surface area contributed by atoms with E-state index < -0.39 is 11.3 Å². The molecule has 1 amide bonds. The summed E-state index contributed by atoms with van der Waals surface area (Å²) in [5, 5.41) is 22.7. The first-order valence-corrected chi connectivity index (χ1v) is 13.2. The molecule has 37 heavy (non-hydrogen) atoms. The zero-order valence-corrected chi connectivity index (χ0v) is 22.2. The van der Waals surface area contributed by atoms with Gasteiger partial charge in [0.2, 0.25) is 5.91 Å². The van der Waals surface area contributed by atoms with Gasteiger partial charge in [-0.15, -0.1) is 0 Å². The van der Waals surface area contributed by atoms with Gasteiger partial charge < -0.3 is 15.7 Å². The Balaban J connectivity index is 1.09. The minimum Gasteiger partial charge on any atom is -0.385 e. The molecule has 5 rings (SSSR count). The molecule has 2 aromatic carbocycles. The van der Waals surface area contributed by atoms with E-state index in [-0.39, 0.29) is 18.5 Å². The highest BCUT2D eigenvalue weighted by molar-refractivity contribution is 5.92. The molecule has 198 valence electrons. The third-order valence-corrected chi connectivity index (χ3v) is 8.12. The Bertz CT molecular complexity index is 1270. The number of likely N-dealkylation sites (tertiary alicyclic amines) is 1. The van der Waals surface area contributed by atoms with Crippen molar-refractivity contribution in [2.24, 2.45) is 7.05 Å². The van der Waals surface area contributed by atoms with E-state index in [0.29, 0.717) is 17.4 Å². The van der Waals surface area contributed by atoms with Crippen LogP contribution in [-0.2, 0) is 23.1 Å². The van der Waals surface area contributed by atoms with Gasteiger partial charge in [-0.1, -0.05) is 35.9 Å². The van der Waals surface area contributed by atoms with Crippen LogP contribution in [0.15, 0.2) is 42.5 Å². The first kappa shape index (κ1) is 25.7. The van der Waals surface area contributed by atoms with Gasteiger partial charge in [0.25, 0.3) is 0 Å². The zero-order valence-electron chi connectivity index (χ0n) is 22.2. The summed E-state index contributed by atoms with van der Waals surface area (Å²) in [6, 6.07) is 14.2. The third kappa shape index (κ3) is 5.36. The number of aromatic nitrogens is 2. The number of benzene rings is 2. The van der Waals surface area contributed by atoms with E-state index >= 15 is 0 Å². The Morgan fingerprint density at radius 2 is 1.84 bits per heavy atom. The Hall–Kier alpha value is -2.97. The molecule has 1 aliphatic heterocycles. The van der Waals surface area contributed by atoms with Gasteiger partial charge in [-0.05, 0) is 69.7 Å². The average Bonchev–Trinajstić information content (AvgIpc) is 3.15. The van der Waals surface area contributed by atoms with Gasteiger partial charge in [0.15, 0.2) is 5.82 Å². The summed E-state index contributed by atoms with van der Waals surface area (Å²) in [5.41, 5.74) is 1.50. The molecule has 1 aliphatic carbocycles. The minimum absolute atomic E-state index is 0.0807. The number of hydrogen-bond donors (Lipinski definition) is 3. The highest BCUT2D eigenvalue weighted by Crippen LogP contribution is 2.39. The molecule has 2 aliphatic rings. The van der Waals surface area contributed by atoms with Gasteiger partial charge >= 0.3 is 0 Å². The Labute approximate surface area is 218 Å². The number of nitrogens with zero attached hydrogens (tertiary/aromatic N) is 3. The van der Waals surface area contributed by atoms with Gasteiger partial charge in [-0.3, -0.25) is 14.4 Å². The predicted molar refractivity (Wildman–Crippen MR) is 144 cm³/mol. The lowest BCUT2D eigenvalue weighted by molar-refractivity contribution is -0.121. The minimum atomic E-state index is -1.45. The zero-order chi connectivity index (χ0) is 26.4. The van der Waals surface area contributed by atoms with Gasteiger partial charge in [-0.2, -0.15) is 5.10 Å². The van der Waals surface area contributed by atoms with Crippen LogP contribution in [0.2, 0.25) is 0 Å². The van der Waals surface area contributed by atoms with Crippen LogP contribution in [-0.4, -0.2) is 57.4 Å². The van der Waals surface area contributed by atoms with Crippen molar-refractivity contribution in [2.45, 2.75) is 69.8 Å². The number of carbonyl (C=O) groups is 1. The maximum atomic E-state index is 14.5. The number of fused-ring (bicyclic) bond motifs is 1. The van der Waals surface area contributed by atoms with E-state index in [4.69, 9.17) is 0 Å². The predicted octanol–water partition coefficient (Wildman–Crippen LogP) is 4.13. The number of aliphatic hydroxyl groups is 1. The fourth-order valence-electron chi connectivity index (χ4n) is 5.71. The first-order valence-electron chi connectivity index (χ1n) is 13.2. The molecule has 0 atom stereocenters. The molecule has 1 saturated heterocycles. The summed E-state index contributed by atoms with van der Waals surface area (Å²) in [5.74, 6) is 0.500. The van der Waals surface area contributed by atoms with Crippen molar-refractivity contribution < 1.29 is 14.3 Å². The molecule has 7 nitrogen and oxygen atoms in total.